The smallest absolute Gasteiger partial charge is 0.235 e. The van der Waals surface area contributed by atoms with Crippen LogP contribution in [-0.2, 0) is 5.54 Å². The fourth-order valence-corrected chi connectivity index (χ4v) is 0.454. The number of hydrogen-bond acceptors (Lipinski definition) is 4. The molecule has 0 aliphatic heterocycles. The zero-order valence-corrected chi connectivity index (χ0v) is 5.46. The van der Waals surface area contributed by atoms with E-state index in [-0.39, 0.29) is 0 Å². The van der Waals surface area contributed by atoms with Gasteiger partial charge in [0.25, 0.3) is 0 Å². The normalized spacial score (nSPS) is 11.9. The molecule has 2 N–H and O–H groups in total. The molecule has 0 radical (unpaired) electrons. The van der Waals surface area contributed by atoms with Crippen LogP contribution in [0.1, 0.15) is 19.7 Å². The van der Waals surface area contributed by atoms with E-state index in [0.29, 0.717) is 5.89 Å². The summed E-state index contributed by atoms with van der Waals surface area (Å²) >= 11 is 0. The summed E-state index contributed by atoms with van der Waals surface area (Å²) in [6.45, 7) is 3.61. The lowest BCUT2D eigenvalue weighted by Crippen LogP contribution is -2.28. The number of aromatic nitrogens is 2. The lowest BCUT2D eigenvalue weighted by Gasteiger charge is -2.10. The summed E-state index contributed by atoms with van der Waals surface area (Å²) in [6.07, 6.45) is 1.27. The summed E-state index contributed by atoms with van der Waals surface area (Å²) in [7, 11) is 0. The maximum absolute atomic E-state index is 5.60. The average Bonchev–Trinajstić information content (AvgIpc) is 2.08. The molecule has 0 fully saturated rings. The van der Waals surface area contributed by atoms with E-state index in [1.54, 1.807) is 13.8 Å². The molecule has 1 heterocycles. The summed E-state index contributed by atoms with van der Waals surface area (Å²) in [5, 5.41) is 7.14. The minimum atomic E-state index is -0.517. The van der Waals surface area contributed by atoms with Crippen LogP contribution < -0.4 is 5.73 Å². The predicted molar refractivity (Wildman–Crippen MR) is 31.5 cm³/mol. The van der Waals surface area contributed by atoms with E-state index < -0.39 is 5.54 Å². The third-order valence-electron chi connectivity index (χ3n) is 0.911. The largest absolute Gasteiger partial charge is 0.426 e. The van der Waals surface area contributed by atoms with Gasteiger partial charge in [0.1, 0.15) is 0 Å². The number of nitrogens with zero attached hydrogens (tertiary/aromatic N) is 2. The van der Waals surface area contributed by atoms with Crippen LogP contribution in [0.15, 0.2) is 10.8 Å². The Hall–Kier alpha value is -0.900. The van der Waals surface area contributed by atoms with Crippen LogP contribution in [0, 0.1) is 0 Å². The Morgan fingerprint density at radius 3 is 2.56 bits per heavy atom. The molecule has 4 heteroatoms. The molecule has 50 valence electrons. The van der Waals surface area contributed by atoms with Gasteiger partial charge >= 0.3 is 0 Å². The lowest BCUT2D eigenvalue weighted by molar-refractivity contribution is 0.378. The molecule has 0 saturated carbocycles. The van der Waals surface area contributed by atoms with Crippen molar-refractivity contribution in [1.82, 2.24) is 10.2 Å². The maximum atomic E-state index is 5.60. The Labute approximate surface area is 53.1 Å². The van der Waals surface area contributed by atoms with Crippen molar-refractivity contribution in [3.05, 3.63) is 12.3 Å². The van der Waals surface area contributed by atoms with Crippen LogP contribution in [0.2, 0.25) is 0 Å². The Kier molecular flexibility index (Phi) is 1.25. The van der Waals surface area contributed by atoms with Gasteiger partial charge in [-0.15, -0.1) is 10.2 Å². The molecule has 0 spiro atoms. The first-order valence-corrected chi connectivity index (χ1v) is 2.66. The molecule has 9 heavy (non-hydrogen) atoms. The first kappa shape index (κ1) is 6.22. The summed E-state index contributed by atoms with van der Waals surface area (Å²) in [4.78, 5) is 0. The molecule has 0 aliphatic carbocycles. The van der Waals surface area contributed by atoms with Crippen LogP contribution in [0.4, 0.5) is 0 Å². The monoisotopic (exact) mass is 127 g/mol. The van der Waals surface area contributed by atoms with Crippen molar-refractivity contribution in [1.29, 1.82) is 0 Å². The zero-order valence-electron chi connectivity index (χ0n) is 5.46. The van der Waals surface area contributed by atoms with Gasteiger partial charge in [0.05, 0.1) is 5.54 Å². The summed E-state index contributed by atoms with van der Waals surface area (Å²) in [6, 6.07) is 0. The molecule has 0 bridgehead atoms. The van der Waals surface area contributed by atoms with Crippen molar-refractivity contribution in [2.24, 2.45) is 5.73 Å². The number of nitrogens with two attached hydrogens (primary N) is 1. The Balaban J connectivity index is 2.90. The summed E-state index contributed by atoms with van der Waals surface area (Å²) in [5.74, 6) is 0.461. The van der Waals surface area contributed by atoms with Crippen LogP contribution >= 0.6 is 0 Å². The Morgan fingerprint density at radius 1 is 1.67 bits per heavy atom. The molecule has 1 aromatic rings. The molecular formula is C5H9N3O. The van der Waals surface area contributed by atoms with Crippen molar-refractivity contribution in [2.75, 3.05) is 0 Å². The highest BCUT2D eigenvalue weighted by Gasteiger charge is 2.19. The van der Waals surface area contributed by atoms with E-state index in [4.69, 9.17) is 10.2 Å². The molecular weight excluding hydrogens is 118 g/mol. The van der Waals surface area contributed by atoms with Gasteiger partial charge in [-0.2, -0.15) is 0 Å². The fourth-order valence-electron chi connectivity index (χ4n) is 0.454. The molecule has 0 saturated heterocycles. The van der Waals surface area contributed by atoms with E-state index in [9.17, 15) is 0 Å². The SMILES string of the molecule is CC(C)(N)c1nnco1. The predicted octanol–water partition coefficient (Wildman–Crippen LogP) is 0.263. The van der Waals surface area contributed by atoms with Gasteiger partial charge in [0.15, 0.2) is 0 Å². The second kappa shape index (κ2) is 1.80. The maximum Gasteiger partial charge on any atom is 0.235 e. The molecule has 1 aromatic heterocycles. The highest BCUT2D eigenvalue weighted by molar-refractivity contribution is 4.91. The second-order valence-corrected chi connectivity index (χ2v) is 2.47. The van der Waals surface area contributed by atoms with Crippen LogP contribution in [0.3, 0.4) is 0 Å². The summed E-state index contributed by atoms with van der Waals surface area (Å²) < 4.78 is 4.85. The highest BCUT2D eigenvalue weighted by Crippen LogP contribution is 2.11. The molecule has 0 amide bonds. The van der Waals surface area contributed by atoms with Crippen molar-refractivity contribution in [3.8, 4) is 0 Å². The number of rotatable bonds is 1. The van der Waals surface area contributed by atoms with Gasteiger partial charge in [-0.3, -0.25) is 0 Å². The minimum Gasteiger partial charge on any atom is -0.426 e. The second-order valence-electron chi connectivity index (χ2n) is 2.47. The Bertz CT molecular complexity index is 175. The quantitative estimate of drug-likeness (QED) is 0.587. The van der Waals surface area contributed by atoms with Crippen LogP contribution in [0.5, 0.6) is 0 Å². The van der Waals surface area contributed by atoms with Gasteiger partial charge in [-0.25, -0.2) is 0 Å². The van der Waals surface area contributed by atoms with Crippen molar-refractivity contribution >= 4 is 0 Å². The third kappa shape index (κ3) is 1.26. The first-order chi connectivity index (χ1) is 4.11. The molecule has 1 rings (SSSR count). The molecule has 0 unspecified atom stereocenters. The van der Waals surface area contributed by atoms with Crippen molar-refractivity contribution < 1.29 is 4.42 Å². The molecule has 4 nitrogen and oxygen atoms in total. The molecule has 0 atom stereocenters. The van der Waals surface area contributed by atoms with Gasteiger partial charge in [-0.1, -0.05) is 0 Å². The van der Waals surface area contributed by atoms with Crippen LogP contribution in [-0.4, -0.2) is 10.2 Å². The lowest BCUT2D eigenvalue weighted by atomic mass is 10.1. The molecule has 0 aromatic carbocycles. The standard InChI is InChI=1S/C5H9N3O/c1-5(2,6)4-8-7-3-9-4/h3H,6H2,1-2H3. The first-order valence-electron chi connectivity index (χ1n) is 2.66. The third-order valence-corrected chi connectivity index (χ3v) is 0.911. The van der Waals surface area contributed by atoms with E-state index in [1.165, 1.54) is 6.39 Å². The van der Waals surface area contributed by atoms with Crippen molar-refractivity contribution in [2.45, 2.75) is 19.4 Å². The minimum absolute atomic E-state index is 0.461. The van der Waals surface area contributed by atoms with E-state index >= 15 is 0 Å². The van der Waals surface area contributed by atoms with Gasteiger partial charge in [0.2, 0.25) is 12.3 Å². The van der Waals surface area contributed by atoms with Gasteiger partial charge < -0.3 is 10.2 Å². The number of hydrogen-bond donors (Lipinski definition) is 1. The van der Waals surface area contributed by atoms with Crippen molar-refractivity contribution in [3.63, 3.8) is 0 Å². The van der Waals surface area contributed by atoms with E-state index in [1.807, 2.05) is 0 Å². The zero-order chi connectivity index (χ0) is 6.91. The topological polar surface area (TPSA) is 64.9 Å². The van der Waals surface area contributed by atoms with Gasteiger partial charge in [0, 0.05) is 0 Å². The van der Waals surface area contributed by atoms with E-state index in [2.05, 4.69) is 10.2 Å². The average molecular weight is 127 g/mol. The summed E-state index contributed by atoms with van der Waals surface area (Å²) in [5.41, 5.74) is 5.09. The van der Waals surface area contributed by atoms with Gasteiger partial charge in [-0.05, 0) is 13.8 Å². The Morgan fingerprint density at radius 2 is 2.33 bits per heavy atom. The molecule has 0 aliphatic rings. The van der Waals surface area contributed by atoms with E-state index in [0.717, 1.165) is 0 Å². The van der Waals surface area contributed by atoms with Crippen LogP contribution in [0.25, 0.3) is 0 Å². The highest BCUT2D eigenvalue weighted by atomic mass is 16.4. The fraction of sp³-hybridized carbons (Fsp3) is 0.600.